The summed E-state index contributed by atoms with van der Waals surface area (Å²) in [4.78, 5) is 16.6. The number of thiocarbonyl (C=S) groups is 1. The van der Waals surface area contributed by atoms with Crippen molar-refractivity contribution >= 4 is 23.1 Å². The summed E-state index contributed by atoms with van der Waals surface area (Å²) in [5.41, 5.74) is 6.62. The number of amides is 1. The Morgan fingerprint density at radius 2 is 1.85 bits per heavy atom. The fourth-order valence-electron chi connectivity index (χ4n) is 2.53. The van der Waals surface area contributed by atoms with Gasteiger partial charge in [0.1, 0.15) is 10.7 Å². The highest BCUT2D eigenvalue weighted by molar-refractivity contribution is 7.80. The maximum absolute atomic E-state index is 12.2. The molecule has 1 aliphatic rings. The molecule has 0 spiro atoms. The highest BCUT2D eigenvalue weighted by Gasteiger charge is 2.15. The van der Waals surface area contributed by atoms with Crippen LogP contribution >= 0.6 is 12.2 Å². The Bertz CT molecular complexity index is 465. The lowest BCUT2D eigenvalue weighted by Crippen LogP contribution is -2.35. The van der Waals surface area contributed by atoms with E-state index in [4.69, 9.17) is 18.0 Å². The molecule has 0 aromatic carbocycles. The fourth-order valence-corrected chi connectivity index (χ4v) is 2.65. The maximum atomic E-state index is 12.2. The second-order valence-electron chi connectivity index (χ2n) is 5.31. The monoisotopic (exact) mass is 291 g/mol. The Hall–Kier alpha value is -1.49. The molecule has 1 aromatic heterocycles. The third-order valence-electron chi connectivity index (χ3n) is 3.72. The predicted octanol–water partition coefficient (Wildman–Crippen LogP) is 2.56. The molecule has 1 aromatic rings. The first-order chi connectivity index (χ1) is 9.66. The summed E-state index contributed by atoms with van der Waals surface area (Å²) in [7, 11) is 0. The van der Waals surface area contributed by atoms with E-state index in [0.717, 1.165) is 12.8 Å². The normalized spacial score (nSPS) is 17.0. The molecule has 0 radical (unpaired) electrons. The van der Waals surface area contributed by atoms with Crippen molar-refractivity contribution in [2.75, 3.05) is 0 Å². The van der Waals surface area contributed by atoms with Gasteiger partial charge in [0.25, 0.3) is 5.91 Å². The van der Waals surface area contributed by atoms with Gasteiger partial charge in [-0.15, -0.1) is 0 Å². The first-order valence-corrected chi connectivity index (χ1v) is 7.64. The first kappa shape index (κ1) is 14.9. The van der Waals surface area contributed by atoms with E-state index in [1.807, 2.05) is 0 Å². The maximum Gasteiger partial charge on any atom is 0.270 e. The Morgan fingerprint density at radius 1 is 1.20 bits per heavy atom. The molecule has 5 heteroatoms. The minimum Gasteiger partial charge on any atom is -0.389 e. The van der Waals surface area contributed by atoms with Crippen molar-refractivity contribution in [3.05, 3.63) is 29.6 Å². The second kappa shape index (κ2) is 7.33. The average Bonchev–Trinajstić information content (AvgIpc) is 2.41. The van der Waals surface area contributed by atoms with Crippen LogP contribution in [0.15, 0.2) is 18.3 Å². The third-order valence-corrected chi connectivity index (χ3v) is 3.96. The van der Waals surface area contributed by atoms with Crippen LogP contribution in [0.4, 0.5) is 0 Å². The van der Waals surface area contributed by atoms with Crippen molar-refractivity contribution in [3.63, 3.8) is 0 Å². The van der Waals surface area contributed by atoms with E-state index < -0.39 is 0 Å². The number of hydrogen-bond donors (Lipinski definition) is 2. The van der Waals surface area contributed by atoms with Gasteiger partial charge in [0, 0.05) is 17.8 Å². The van der Waals surface area contributed by atoms with Gasteiger partial charge in [-0.1, -0.05) is 44.3 Å². The zero-order valence-corrected chi connectivity index (χ0v) is 12.4. The van der Waals surface area contributed by atoms with E-state index in [9.17, 15) is 4.79 Å². The lowest BCUT2D eigenvalue weighted by atomic mass is 9.96. The number of nitrogens with zero attached hydrogens (tertiary/aromatic N) is 1. The van der Waals surface area contributed by atoms with Crippen LogP contribution in [0.25, 0.3) is 0 Å². The van der Waals surface area contributed by atoms with Gasteiger partial charge >= 0.3 is 0 Å². The topological polar surface area (TPSA) is 68.0 Å². The van der Waals surface area contributed by atoms with Crippen LogP contribution in [-0.2, 0) is 0 Å². The molecule has 0 atom stereocenters. The second-order valence-corrected chi connectivity index (χ2v) is 5.75. The highest BCUT2D eigenvalue weighted by Crippen LogP contribution is 2.17. The van der Waals surface area contributed by atoms with Gasteiger partial charge < -0.3 is 11.1 Å². The lowest BCUT2D eigenvalue weighted by molar-refractivity contribution is 0.0925. The van der Waals surface area contributed by atoms with Crippen LogP contribution in [0, 0.1) is 0 Å². The van der Waals surface area contributed by atoms with E-state index in [1.165, 1.54) is 32.1 Å². The molecule has 1 saturated carbocycles. The zero-order chi connectivity index (χ0) is 14.4. The van der Waals surface area contributed by atoms with Gasteiger partial charge in [-0.25, -0.2) is 0 Å². The zero-order valence-electron chi connectivity index (χ0n) is 11.6. The van der Waals surface area contributed by atoms with Crippen LogP contribution in [0.2, 0.25) is 0 Å². The lowest BCUT2D eigenvalue weighted by Gasteiger charge is -2.20. The summed E-state index contributed by atoms with van der Waals surface area (Å²) in [6.45, 7) is 0. The summed E-state index contributed by atoms with van der Waals surface area (Å²) >= 11 is 4.87. The Labute approximate surface area is 125 Å². The van der Waals surface area contributed by atoms with Gasteiger partial charge in [-0.3, -0.25) is 9.78 Å². The molecule has 0 bridgehead atoms. The predicted molar refractivity (Wildman–Crippen MR) is 83.7 cm³/mol. The van der Waals surface area contributed by atoms with Crippen molar-refractivity contribution in [3.8, 4) is 0 Å². The number of pyridine rings is 1. The molecule has 108 valence electrons. The minimum atomic E-state index is -0.106. The van der Waals surface area contributed by atoms with Crippen molar-refractivity contribution in [1.29, 1.82) is 0 Å². The van der Waals surface area contributed by atoms with Crippen LogP contribution in [0.3, 0.4) is 0 Å². The Balaban J connectivity index is 1.94. The summed E-state index contributed by atoms with van der Waals surface area (Å²) in [5, 5.41) is 3.09. The number of carbonyl (C=O) groups is 1. The number of aromatic nitrogens is 1. The van der Waals surface area contributed by atoms with Gasteiger partial charge in [0.05, 0.1) is 0 Å². The quantitative estimate of drug-likeness (QED) is 0.840. The molecule has 0 unspecified atom stereocenters. The largest absolute Gasteiger partial charge is 0.389 e. The van der Waals surface area contributed by atoms with Crippen molar-refractivity contribution < 1.29 is 4.79 Å². The van der Waals surface area contributed by atoms with Crippen molar-refractivity contribution in [2.24, 2.45) is 5.73 Å². The third kappa shape index (κ3) is 4.27. The minimum absolute atomic E-state index is 0.106. The van der Waals surface area contributed by atoms with Gasteiger partial charge in [0.2, 0.25) is 0 Å². The highest BCUT2D eigenvalue weighted by atomic mass is 32.1. The molecule has 1 heterocycles. The molecule has 4 nitrogen and oxygen atoms in total. The SMILES string of the molecule is NC(=S)c1ccc(C(=O)NC2CCCCCCC2)nc1. The van der Waals surface area contributed by atoms with Gasteiger partial charge in [0.15, 0.2) is 0 Å². The summed E-state index contributed by atoms with van der Waals surface area (Å²) in [6, 6.07) is 3.69. The fraction of sp³-hybridized carbons (Fsp3) is 0.533. The number of carbonyl (C=O) groups excluding carboxylic acids is 1. The van der Waals surface area contributed by atoms with Crippen LogP contribution in [0.5, 0.6) is 0 Å². The van der Waals surface area contributed by atoms with Gasteiger partial charge in [-0.2, -0.15) is 0 Å². The summed E-state index contributed by atoms with van der Waals surface area (Å²) in [5.74, 6) is -0.106. The van der Waals surface area contributed by atoms with Crippen LogP contribution in [0.1, 0.15) is 61.0 Å². The smallest absolute Gasteiger partial charge is 0.270 e. The number of hydrogen-bond acceptors (Lipinski definition) is 3. The van der Waals surface area contributed by atoms with Crippen molar-refractivity contribution in [2.45, 2.75) is 51.0 Å². The van der Waals surface area contributed by atoms with E-state index in [-0.39, 0.29) is 11.9 Å². The Kier molecular flexibility index (Phi) is 5.47. The van der Waals surface area contributed by atoms with E-state index >= 15 is 0 Å². The first-order valence-electron chi connectivity index (χ1n) is 7.23. The molecule has 3 N–H and O–H groups in total. The molecule has 0 aliphatic heterocycles. The van der Waals surface area contributed by atoms with Gasteiger partial charge in [-0.05, 0) is 25.0 Å². The number of nitrogens with two attached hydrogens (primary N) is 1. The molecular formula is C15H21N3OS. The molecule has 2 rings (SSSR count). The molecular weight excluding hydrogens is 270 g/mol. The molecule has 20 heavy (non-hydrogen) atoms. The molecule has 1 fully saturated rings. The molecule has 1 aliphatic carbocycles. The number of rotatable bonds is 3. The standard InChI is InChI=1S/C15H21N3OS/c16-14(20)11-8-9-13(17-10-11)15(19)18-12-6-4-2-1-3-5-7-12/h8-10,12H,1-7H2,(H2,16,20)(H,18,19). The molecule has 1 amide bonds. The van der Waals surface area contributed by atoms with E-state index in [1.54, 1.807) is 18.3 Å². The summed E-state index contributed by atoms with van der Waals surface area (Å²) < 4.78 is 0. The molecule has 0 saturated heterocycles. The number of nitrogens with one attached hydrogen (secondary N) is 1. The summed E-state index contributed by atoms with van der Waals surface area (Å²) in [6.07, 6.45) is 9.93. The van der Waals surface area contributed by atoms with Crippen LogP contribution < -0.4 is 11.1 Å². The van der Waals surface area contributed by atoms with Crippen molar-refractivity contribution in [1.82, 2.24) is 10.3 Å². The van der Waals surface area contributed by atoms with E-state index in [2.05, 4.69) is 10.3 Å². The van der Waals surface area contributed by atoms with E-state index in [0.29, 0.717) is 16.2 Å². The average molecular weight is 291 g/mol. The van der Waals surface area contributed by atoms with Crippen LogP contribution in [-0.4, -0.2) is 21.9 Å². The Morgan fingerprint density at radius 3 is 2.40 bits per heavy atom.